The van der Waals surface area contributed by atoms with Gasteiger partial charge in [0.15, 0.2) is 5.82 Å². The summed E-state index contributed by atoms with van der Waals surface area (Å²) in [5, 5.41) is 15.6. The Kier molecular flexibility index (Phi) is 7.13. The smallest absolute Gasteiger partial charge is 0.242 e. The van der Waals surface area contributed by atoms with Crippen LogP contribution in [0.5, 0.6) is 0 Å². The average Bonchev–Trinajstić information content (AvgIpc) is 3.29. The number of nitriles is 1. The molecule has 9 heteroatoms. The number of aromatic nitrogens is 2. The third kappa shape index (κ3) is 5.04. The van der Waals surface area contributed by atoms with Crippen molar-refractivity contribution in [1.29, 1.82) is 5.26 Å². The van der Waals surface area contributed by atoms with Crippen LogP contribution in [0.15, 0.2) is 60.3 Å². The predicted octanol–water partition coefficient (Wildman–Crippen LogP) is 4.51. The van der Waals surface area contributed by atoms with Crippen LogP contribution >= 0.6 is 23.2 Å². The first-order chi connectivity index (χ1) is 17.4. The van der Waals surface area contributed by atoms with Gasteiger partial charge in [0.25, 0.3) is 0 Å². The molecule has 1 aromatic heterocycles. The topological polar surface area (TPSA) is 68.4 Å². The van der Waals surface area contributed by atoms with Crippen LogP contribution in [0.4, 0.5) is 5.82 Å². The Morgan fingerprint density at radius 3 is 2.44 bits per heavy atom. The number of nitrogens with zero attached hydrogens (tertiary/aromatic N) is 6. The number of piperazine rings is 1. The molecule has 2 aromatic carbocycles. The van der Waals surface area contributed by atoms with E-state index in [1.54, 1.807) is 9.58 Å². The third-order valence-corrected chi connectivity index (χ3v) is 7.16. The first kappa shape index (κ1) is 24.5. The minimum absolute atomic E-state index is 0.0361. The van der Waals surface area contributed by atoms with Crippen molar-refractivity contribution in [2.75, 3.05) is 44.2 Å². The van der Waals surface area contributed by atoms with Crippen molar-refractivity contribution in [1.82, 2.24) is 19.6 Å². The molecule has 0 radical (unpaired) electrons. The van der Waals surface area contributed by atoms with Crippen LogP contribution in [-0.4, -0.2) is 64.8 Å². The van der Waals surface area contributed by atoms with E-state index in [-0.39, 0.29) is 5.91 Å². The molecule has 7 nitrogen and oxygen atoms in total. The molecule has 184 valence electrons. The van der Waals surface area contributed by atoms with Crippen LogP contribution in [-0.2, 0) is 11.3 Å². The first-order valence-electron chi connectivity index (χ1n) is 11.9. The van der Waals surface area contributed by atoms with Crippen LogP contribution in [0.2, 0.25) is 10.0 Å². The van der Waals surface area contributed by atoms with Crippen molar-refractivity contribution in [3.63, 3.8) is 0 Å². The fraction of sp³-hybridized carbons (Fsp3) is 0.296. The first-order valence-corrected chi connectivity index (χ1v) is 12.6. The molecule has 0 saturated carbocycles. The zero-order valence-electron chi connectivity index (χ0n) is 20.0. The molecule has 1 fully saturated rings. The Balaban J connectivity index is 1.29. The fourth-order valence-corrected chi connectivity index (χ4v) is 5.21. The highest BCUT2D eigenvalue weighted by Crippen LogP contribution is 2.34. The summed E-state index contributed by atoms with van der Waals surface area (Å²) in [6.45, 7) is 6.90. The standard InChI is InChI=1S/C27H26Cl2N6O/c1-19-16-34(27-22(14-30)15-31-35(27)26(19)21-5-7-23(28)8-6-21)25(36)18-33-11-9-32(10-12-33)17-20-3-2-4-24(29)13-20/h2-8,13,15H,9-12,16-18H2,1H3. The van der Waals surface area contributed by atoms with E-state index >= 15 is 0 Å². The van der Waals surface area contributed by atoms with Gasteiger partial charge in [-0.25, -0.2) is 4.68 Å². The van der Waals surface area contributed by atoms with Gasteiger partial charge in [-0.15, -0.1) is 0 Å². The monoisotopic (exact) mass is 520 g/mol. The molecule has 0 atom stereocenters. The minimum atomic E-state index is -0.0361. The van der Waals surface area contributed by atoms with Crippen molar-refractivity contribution >= 4 is 40.6 Å². The van der Waals surface area contributed by atoms with E-state index in [0.29, 0.717) is 29.5 Å². The molecule has 2 aliphatic rings. The number of anilines is 1. The van der Waals surface area contributed by atoms with Crippen molar-refractivity contribution in [3.8, 4) is 6.07 Å². The third-order valence-electron chi connectivity index (χ3n) is 6.67. The zero-order valence-corrected chi connectivity index (χ0v) is 21.5. The second-order valence-corrected chi connectivity index (χ2v) is 10.1. The number of halogens is 2. The van der Waals surface area contributed by atoms with E-state index in [0.717, 1.165) is 54.6 Å². The molecule has 0 N–H and O–H groups in total. The van der Waals surface area contributed by atoms with E-state index in [1.165, 1.54) is 11.8 Å². The Morgan fingerprint density at radius 1 is 1.03 bits per heavy atom. The molecule has 5 rings (SSSR count). The molecule has 0 unspecified atom stereocenters. The van der Waals surface area contributed by atoms with Gasteiger partial charge in [-0.2, -0.15) is 10.4 Å². The Labute approximate surface area is 220 Å². The van der Waals surface area contributed by atoms with E-state index in [9.17, 15) is 10.1 Å². The second kappa shape index (κ2) is 10.5. The van der Waals surface area contributed by atoms with Gasteiger partial charge >= 0.3 is 0 Å². The lowest BCUT2D eigenvalue weighted by atomic mass is 10.0. The molecule has 1 amide bonds. The van der Waals surface area contributed by atoms with E-state index < -0.39 is 0 Å². The lowest BCUT2D eigenvalue weighted by molar-refractivity contribution is -0.120. The molecule has 0 bridgehead atoms. The van der Waals surface area contributed by atoms with E-state index in [2.05, 4.69) is 27.0 Å². The number of fused-ring (bicyclic) bond motifs is 1. The van der Waals surface area contributed by atoms with Crippen LogP contribution in [0.25, 0.3) is 5.70 Å². The number of amides is 1. The molecule has 36 heavy (non-hydrogen) atoms. The summed E-state index contributed by atoms with van der Waals surface area (Å²) >= 11 is 12.2. The number of hydrogen-bond acceptors (Lipinski definition) is 5. The summed E-state index contributed by atoms with van der Waals surface area (Å²) in [6, 6.07) is 17.7. The van der Waals surface area contributed by atoms with Gasteiger partial charge in [-0.05, 0) is 42.3 Å². The molecular weight excluding hydrogens is 495 g/mol. The minimum Gasteiger partial charge on any atom is -0.297 e. The summed E-state index contributed by atoms with van der Waals surface area (Å²) in [7, 11) is 0. The molecule has 3 aromatic rings. The van der Waals surface area contributed by atoms with Gasteiger partial charge in [0, 0.05) is 48.3 Å². The fourth-order valence-electron chi connectivity index (χ4n) is 4.87. The predicted molar refractivity (Wildman–Crippen MR) is 142 cm³/mol. The lowest BCUT2D eigenvalue weighted by Crippen LogP contribution is -2.50. The van der Waals surface area contributed by atoms with Gasteiger partial charge in [0.1, 0.15) is 11.6 Å². The summed E-state index contributed by atoms with van der Waals surface area (Å²) in [5.41, 5.74) is 4.39. The van der Waals surface area contributed by atoms with Gasteiger partial charge < -0.3 is 0 Å². The molecule has 3 heterocycles. The number of carbonyl (C=O) groups excluding carboxylic acids is 1. The number of carbonyl (C=O) groups is 1. The van der Waals surface area contributed by atoms with Gasteiger partial charge in [-0.1, -0.05) is 47.5 Å². The number of hydrogen-bond donors (Lipinski definition) is 0. The molecule has 2 aliphatic heterocycles. The van der Waals surface area contributed by atoms with Crippen LogP contribution in [0.1, 0.15) is 23.6 Å². The van der Waals surface area contributed by atoms with Crippen molar-refractivity contribution in [3.05, 3.63) is 87.0 Å². The van der Waals surface area contributed by atoms with Crippen molar-refractivity contribution in [2.45, 2.75) is 13.5 Å². The van der Waals surface area contributed by atoms with E-state index in [4.69, 9.17) is 23.2 Å². The van der Waals surface area contributed by atoms with Gasteiger partial charge in [0.2, 0.25) is 5.91 Å². The quantitative estimate of drug-likeness (QED) is 0.495. The second-order valence-electron chi connectivity index (χ2n) is 9.20. The Morgan fingerprint density at radius 2 is 1.75 bits per heavy atom. The lowest BCUT2D eigenvalue weighted by Gasteiger charge is -2.36. The highest BCUT2D eigenvalue weighted by molar-refractivity contribution is 6.30. The highest BCUT2D eigenvalue weighted by atomic mass is 35.5. The number of rotatable bonds is 5. The van der Waals surface area contributed by atoms with Crippen LogP contribution in [0, 0.1) is 11.3 Å². The Hall–Kier alpha value is -3.15. The van der Waals surface area contributed by atoms with Crippen LogP contribution < -0.4 is 4.90 Å². The maximum absolute atomic E-state index is 13.5. The van der Waals surface area contributed by atoms with E-state index in [1.807, 2.05) is 49.4 Å². The molecular formula is C27H26Cl2N6O. The summed E-state index contributed by atoms with van der Waals surface area (Å²) in [6.07, 6.45) is 1.53. The van der Waals surface area contributed by atoms with Crippen molar-refractivity contribution in [2.24, 2.45) is 0 Å². The highest BCUT2D eigenvalue weighted by Gasteiger charge is 2.32. The summed E-state index contributed by atoms with van der Waals surface area (Å²) in [5.74, 6) is 0.490. The van der Waals surface area contributed by atoms with Gasteiger partial charge in [-0.3, -0.25) is 19.5 Å². The molecule has 1 saturated heterocycles. The summed E-state index contributed by atoms with van der Waals surface area (Å²) in [4.78, 5) is 19.8. The SMILES string of the molecule is CC1=C(c2ccc(Cl)cc2)n2ncc(C#N)c2N(C(=O)CN2CCN(Cc3cccc(Cl)c3)CC2)C1. The zero-order chi connectivity index (χ0) is 25.2. The van der Waals surface area contributed by atoms with Crippen molar-refractivity contribution < 1.29 is 4.79 Å². The summed E-state index contributed by atoms with van der Waals surface area (Å²) < 4.78 is 1.71. The normalized spacial score (nSPS) is 16.7. The van der Waals surface area contributed by atoms with Crippen LogP contribution in [0.3, 0.4) is 0 Å². The average molecular weight is 521 g/mol. The largest absolute Gasteiger partial charge is 0.297 e. The maximum atomic E-state index is 13.5. The molecule has 0 aliphatic carbocycles. The maximum Gasteiger partial charge on any atom is 0.242 e. The Bertz CT molecular complexity index is 1350. The molecule has 0 spiro atoms. The number of benzene rings is 2. The van der Waals surface area contributed by atoms with Gasteiger partial charge in [0.05, 0.1) is 25.0 Å².